The number of nitrogens with one attached hydrogen (secondary N) is 1. The summed E-state index contributed by atoms with van der Waals surface area (Å²) < 4.78 is 11.9. The highest BCUT2D eigenvalue weighted by molar-refractivity contribution is 9.10. The van der Waals surface area contributed by atoms with Crippen LogP contribution < -0.4 is 14.8 Å². The van der Waals surface area contributed by atoms with Gasteiger partial charge in [-0.15, -0.1) is 0 Å². The van der Waals surface area contributed by atoms with Gasteiger partial charge in [0.1, 0.15) is 11.9 Å². The number of anilines is 1. The van der Waals surface area contributed by atoms with Gasteiger partial charge in [0.2, 0.25) is 5.88 Å². The second-order valence-corrected chi connectivity index (χ2v) is 6.83. The number of pyridine rings is 1. The standard InChI is InChI=1S/C17H17BrClN3O3/c1-24-15-5-4-11(19)9-14(15)21-17(23)22-8-6-12(10-22)25-16-13(18)3-2-7-20-16/h2-5,7,9,12H,6,8,10H2,1H3,(H,21,23). The molecule has 0 spiro atoms. The number of nitrogens with zero attached hydrogens (tertiary/aromatic N) is 2. The summed E-state index contributed by atoms with van der Waals surface area (Å²) in [6.45, 7) is 1.08. The number of hydrogen-bond donors (Lipinski definition) is 1. The van der Waals surface area contributed by atoms with Crippen molar-refractivity contribution in [3.63, 3.8) is 0 Å². The molecule has 1 aliphatic heterocycles. The molecule has 0 saturated carbocycles. The van der Waals surface area contributed by atoms with Crippen molar-refractivity contribution >= 4 is 39.2 Å². The van der Waals surface area contributed by atoms with Crippen molar-refractivity contribution in [2.45, 2.75) is 12.5 Å². The van der Waals surface area contributed by atoms with E-state index in [-0.39, 0.29) is 12.1 Å². The molecule has 2 heterocycles. The summed E-state index contributed by atoms with van der Waals surface area (Å²) in [6.07, 6.45) is 2.31. The molecule has 2 amide bonds. The van der Waals surface area contributed by atoms with Gasteiger partial charge in [-0.1, -0.05) is 11.6 Å². The molecule has 1 aromatic heterocycles. The fraction of sp³-hybridized carbons (Fsp3) is 0.294. The highest BCUT2D eigenvalue weighted by Gasteiger charge is 2.28. The zero-order valence-electron chi connectivity index (χ0n) is 13.5. The predicted molar refractivity (Wildman–Crippen MR) is 99.6 cm³/mol. The molecule has 1 saturated heterocycles. The zero-order valence-corrected chi connectivity index (χ0v) is 15.9. The maximum Gasteiger partial charge on any atom is 0.322 e. The van der Waals surface area contributed by atoms with Crippen LogP contribution in [0.3, 0.4) is 0 Å². The number of urea groups is 1. The summed E-state index contributed by atoms with van der Waals surface area (Å²) in [6, 6.07) is 8.56. The van der Waals surface area contributed by atoms with Crippen molar-refractivity contribution in [1.29, 1.82) is 0 Å². The Labute approximate surface area is 159 Å². The quantitative estimate of drug-likeness (QED) is 0.796. The number of ether oxygens (including phenoxy) is 2. The molecule has 25 heavy (non-hydrogen) atoms. The van der Waals surface area contributed by atoms with Gasteiger partial charge in [-0.05, 0) is 46.3 Å². The number of hydrogen-bond acceptors (Lipinski definition) is 4. The van der Waals surface area contributed by atoms with Gasteiger partial charge in [0.25, 0.3) is 0 Å². The second-order valence-electron chi connectivity index (χ2n) is 5.54. The van der Waals surface area contributed by atoms with E-state index >= 15 is 0 Å². The lowest BCUT2D eigenvalue weighted by molar-refractivity contribution is 0.189. The number of aromatic nitrogens is 1. The Morgan fingerprint density at radius 3 is 3.04 bits per heavy atom. The van der Waals surface area contributed by atoms with E-state index in [0.29, 0.717) is 35.4 Å². The second kappa shape index (κ2) is 7.93. The van der Waals surface area contributed by atoms with Crippen LogP contribution in [0.2, 0.25) is 5.02 Å². The Morgan fingerprint density at radius 2 is 2.28 bits per heavy atom. The third-order valence-corrected chi connectivity index (χ3v) is 4.68. The Hall–Kier alpha value is -1.99. The molecule has 0 radical (unpaired) electrons. The first-order chi connectivity index (χ1) is 12.1. The van der Waals surface area contributed by atoms with Crippen molar-refractivity contribution in [1.82, 2.24) is 9.88 Å². The van der Waals surface area contributed by atoms with E-state index in [1.807, 2.05) is 12.1 Å². The van der Waals surface area contributed by atoms with Crippen LogP contribution in [0.15, 0.2) is 41.0 Å². The highest BCUT2D eigenvalue weighted by atomic mass is 79.9. The molecule has 1 aliphatic rings. The van der Waals surface area contributed by atoms with E-state index in [1.54, 1.807) is 36.4 Å². The number of carbonyl (C=O) groups excluding carboxylic acids is 1. The highest BCUT2D eigenvalue weighted by Crippen LogP contribution is 2.29. The maximum atomic E-state index is 12.5. The van der Waals surface area contributed by atoms with Gasteiger partial charge < -0.3 is 19.7 Å². The van der Waals surface area contributed by atoms with Gasteiger partial charge in [-0.3, -0.25) is 0 Å². The van der Waals surface area contributed by atoms with E-state index in [1.165, 1.54) is 0 Å². The lowest BCUT2D eigenvalue weighted by atomic mass is 10.3. The Balaban J connectivity index is 1.61. The third kappa shape index (κ3) is 4.35. The van der Waals surface area contributed by atoms with Crippen LogP contribution in [0.4, 0.5) is 10.5 Å². The summed E-state index contributed by atoms with van der Waals surface area (Å²) >= 11 is 9.40. The minimum Gasteiger partial charge on any atom is -0.495 e. The monoisotopic (exact) mass is 425 g/mol. The first kappa shape index (κ1) is 17.8. The van der Waals surface area contributed by atoms with Crippen LogP contribution in [0.1, 0.15) is 6.42 Å². The van der Waals surface area contributed by atoms with Crippen molar-refractivity contribution < 1.29 is 14.3 Å². The van der Waals surface area contributed by atoms with Crippen LogP contribution in [-0.4, -0.2) is 42.2 Å². The SMILES string of the molecule is COc1ccc(Cl)cc1NC(=O)N1CCC(Oc2ncccc2Br)C1. The molecule has 0 aliphatic carbocycles. The van der Waals surface area contributed by atoms with Gasteiger partial charge in [0.15, 0.2) is 0 Å². The molecule has 1 N–H and O–H groups in total. The predicted octanol–water partition coefficient (Wildman–Crippen LogP) is 4.19. The number of amides is 2. The number of likely N-dealkylation sites (tertiary alicyclic amines) is 1. The lowest BCUT2D eigenvalue weighted by Gasteiger charge is -2.19. The molecule has 1 aromatic carbocycles. The molecule has 1 unspecified atom stereocenters. The van der Waals surface area contributed by atoms with Gasteiger partial charge >= 0.3 is 6.03 Å². The summed E-state index contributed by atoms with van der Waals surface area (Å²) in [7, 11) is 1.54. The zero-order chi connectivity index (χ0) is 17.8. The average molecular weight is 427 g/mol. The fourth-order valence-corrected chi connectivity index (χ4v) is 3.12. The van der Waals surface area contributed by atoms with Crippen LogP contribution in [0, 0.1) is 0 Å². The van der Waals surface area contributed by atoms with Crippen LogP contribution in [0.5, 0.6) is 11.6 Å². The minimum absolute atomic E-state index is 0.0989. The Morgan fingerprint density at radius 1 is 1.44 bits per heavy atom. The average Bonchev–Trinajstić information content (AvgIpc) is 3.06. The van der Waals surface area contributed by atoms with Crippen molar-refractivity contribution in [2.75, 3.05) is 25.5 Å². The van der Waals surface area contributed by atoms with Crippen LogP contribution >= 0.6 is 27.5 Å². The summed E-state index contributed by atoms with van der Waals surface area (Å²) in [4.78, 5) is 18.4. The number of methoxy groups -OCH3 is 1. The molecule has 2 aromatic rings. The van der Waals surface area contributed by atoms with Gasteiger partial charge in [-0.2, -0.15) is 0 Å². The minimum atomic E-state index is -0.216. The lowest BCUT2D eigenvalue weighted by Crippen LogP contribution is -2.34. The van der Waals surface area contributed by atoms with Crippen LogP contribution in [0.25, 0.3) is 0 Å². The first-order valence-electron chi connectivity index (χ1n) is 7.73. The van der Waals surface area contributed by atoms with Gasteiger partial charge in [-0.25, -0.2) is 9.78 Å². The first-order valence-corrected chi connectivity index (χ1v) is 8.90. The molecule has 0 bridgehead atoms. The largest absolute Gasteiger partial charge is 0.495 e. The Kier molecular flexibility index (Phi) is 5.65. The molecular formula is C17H17BrClN3O3. The fourth-order valence-electron chi connectivity index (χ4n) is 2.60. The molecular weight excluding hydrogens is 410 g/mol. The maximum absolute atomic E-state index is 12.5. The van der Waals surface area contributed by atoms with E-state index in [9.17, 15) is 4.79 Å². The Bertz CT molecular complexity index is 775. The molecule has 1 fully saturated rings. The third-order valence-electron chi connectivity index (χ3n) is 3.84. The molecule has 8 heteroatoms. The normalized spacial score (nSPS) is 16.6. The molecule has 1 atom stereocenters. The summed E-state index contributed by atoms with van der Waals surface area (Å²) in [5.74, 6) is 1.09. The number of halogens is 2. The number of rotatable bonds is 4. The molecule has 132 valence electrons. The number of benzene rings is 1. The van der Waals surface area contributed by atoms with Gasteiger partial charge in [0.05, 0.1) is 23.8 Å². The van der Waals surface area contributed by atoms with Crippen LogP contribution in [-0.2, 0) is 0 Å². The van der Waals surface area contributed by atoms with E-state index in [2.05, 4.69) is 26.2 Å². The van der Waals surface area contributed by atoms with Crippen molar-refractivity contribution in [2.24, 2.45) is 0 Å². The smallest absolute Gasteiger partial charge is 0.322 e. The summed E-state index contributed by atoms with van der Waals surface area (Å²) in [5, 5.41) is 3.36. The van der Waals surface area contributed by atoms with E-state index < -0.39 is 0 Å². The topological polar surface area (TPSA) is 63.7 Å². The molecule has 3 rings (SSSR count). The van der Waals surface area contributed by atoms with Crippen molar-refractivity contribution in [3.05, 3.63) is 46.0 Å². The number of carbonyl (C=O) groups is 1. The molecule has 6 nitrogen and oxygen atoms in total. The van der Waals surface area contributed by atoms with Crippen molar-refractivity contribution in [3.8, 4) is 11.6 Å². The van der Waals surface area contributed by atoms with Gasteiger partial charge in [0, 0.05) is 24.2 Å². The van der Waals surface area contributed by atoms with E-state index in [0.717, 1.165) is 10.9 Å². The van der Waals surface area contributed by atoms with E-state index in [4.69, 9.17) is 21.1 Å². The summed E-state index contributed by atoms with van der Waals surface area (Å²) in [5.41, 5.74) is 0.539.